The van der Waals surface area contributed by atoms with Crippen molar-refractivity contribution in [1.82, 2.24) is 9.36 Å². The van der Waals surface area contributed by atoms with E-state index in [4.69, 9.17) is 17.3 Å². The summed E-state index contributed by atoms with van der Waals surface area (Å²) < 4.78 is 16.9. The molecule has 1 aliphatic carbocycles. The van der Waals surface area contributed by atoms with Crippen LogP contribution in [0.2, 0.25) is 5.02 Å². The zero-order valence-electron chi connectivity index (χ0n) is 11.1. The molecule has 1 aromatic carbocycles. The highest BCUT2D eigenvalue weighted by molar-refractivity contribution is 6.30. The summed E-state index contributed by atoms with van der Waals surface area (Å²) in [5.74, 6) is -0.201. The van der Waals surface area contributed by atoms with E-state index in [1.165, 1.54) is 16.8 Å². The summed E-state index contributed by atoms with van der Waals surface area (Å²) >= 11 is 5.68. The largest absolute Gasteiger partial charge is 0.393 e. The second-order valence-corrected chi connectivity index (χ2v) is 5.41. The van der Waals surface area contributed by atoms with Crippen LogP contribution in [0.4, 0.5) is 10.1 Å². The van der Waals surface area contributed by atoms with Gasteiger partial charge in [-0.1, -0.05) is 11.6 Å². The van der Waals surface area contributed by atoms with Crippen LogP contribution in [-0.2, 0) is 6.54 Å². The Morgan fingerprint density at radius 1 is 1.45 bits per heavy atom. The van der Waals surface area contributed by atoms with E-state index >= 15 is 0 Å². The average Bonchev–Trinajstić information content (AvgIpc) is 3.22. The fourth-order valence-electron chi connectivity index (χ4n) is 2.55. The number of hydrogen-bond donors (Lipinski definition) is 1. The molecule has 20 heavy (non-hydrogen) atoms. The van der Waals surface area contributed by atoms with E-state index in [-0.39, 0.29) is 16.3 Å². The fourth-order valence-corrected chi connectivity index (χ4v) is 2.67. The maximum atomic E-state index is 13.6. The number of rotatable bonds is 3. The van der Waals surface area contributed by atoms with Crippen LogP contribution in [0.15, 0.2) is 23.0 Å². The molecule has 0 bridgehead atoms. The first-order valence-corrected chi connectivity index (χ1v) is 6.99. The molecular formula is C14H15ClFN3O. The molecule has 1 aliphatic rings. The van der Waals surface area contributed by atoms with Gasteiger partial charge in [-0.05, 0) is 31.9 Å². The van der Waals surface area contributed by atoms with Crippen molar-refractivity contribution in [1.29, 1.82) is 0 Å². The molecule has 0 atom stereocenters. The van der Waals surface area contributed by atoms with Crippen LogP contribution in [-0.4, -0.2) is 9.36 Å². The van der Waals surface area contributed by atoms with Gasteiger partial charge in [0.15, 0.2) is 0 Å². The number of nitrogens with two attached hydrogens (primary N) is 1. The summed E-state index contributed by atoms with van der Waals surface area (Å²) in [4.78, 5) is 12.4. The molecule has 0 amide bonds. The number of halogens is 2. The van der Waals surface area contributed by atoms with Crippen molar-refractivity contribution in [2.45, 2.75) is 32.2 Å². The number of aromatic nitrogens is 2. The predicted octanol–water partition coefficient (Wildman–Crippen LogP) is 2.91. The Kier molecular flexibility index (Phi) is 3.09. The monoisotopic (exact) mass is 295 g/mol. The van der Waals surface area contributed by atoms with Crippen LogP contribution in [0, 0.1) is 5.82 Å². The quantitative estimate of drug-likeness (QED) is 0.946. The number of benzene rings is 1. The van der Waals surface area contributed by atoms with Gasteiger partial charge in [0.05, 0.1) is 16.4 Å². The Balaban J connectivity index is 2.25. The highest BCUT2D eigenvalue weighted by Crippen LogP contribution is 2.42. The molecule has 6 heteroatoms. The van der Waals surface area contributed by atoms with Crippen molar-refractivity contribution in [3.63, 3.8) is 0 Å². The maximum absolute atomic E-state index is 13.6. The molecule has 0 aliphatic heterocycles. The molecule has 1 saturated carbocycles. The van der Waals surface area contributed by atoms with E-state index in [2.05, 4.69) is 0 Å². The Labute approximate surface area is 120 Å². The lowest BCUT2D eigenvalue weighted by atomic mass is 10.2. The summed E-state index contributed by atoms with van der Waals surface area (Å²) in [5.41, 5.74) is 7.23. The third-order valence-electron chi connectivity index (χ3n) is 3.63. The predicted molar refractivity (Wildman–Crippen MR) is 77.1 cm³/mol. The van der Waals surface area contributed by atoms with E-state index in [0.29, 0.717) is 18.2 Å². The highest BCUT2D eigenvalue weighted by Gasteiger charge is 2.32. The third kappa shape index (κ3) is 1.93. The smallest absolute Gasteiger partial charge is 0.294 e. The first-order chi connectivity index (χ1) is 9.54. The lowest BCUT2D eigenvalue weighted by Gasteiger charge is -2.13. The SMILES string of the molecule is CCn1c(C2CC2)c(N)c(=O)n1-c1ccc(Cl)c(F)c1. The summed E-state index contributed by atoms with van der Waals surface area (Å²) in [6.45, 7) is 2.54. The molecule has 2 N–H and O–H groups in total. The van der Waals surface area contributed by atoms with Gasteiger partial charge in [0.1, 0.15) is 11.5 Å². The van der Waals surface area contributed by atoms with Crippen molar-refractivity contribution >= 4 is 17.3 Å². The lowest BCUT2D eigenvalue weighted by molar-refractivity contribution is 0.545. The van der Waals surface area contributed by atoms with Gasteiger partial charge >= 0.3 is 0 Å². The second-order valence-electron chi connectivity index (χ2n) is 5.00. The molecule has 1 heterocycles. The third-order valence-corrected chi connectivity index (χ3v) is 3.94. The van der Waals surface area contributed by atoms with Crippen molar-refractivity contribution in [3.8, 4) is 5.69 Å². The van der Waals surface area contributed by atoms with E-state index in [9.17, 15) is 9.18 Å². The van der Waals surface area contributed by atoms with E-state index in [0.717, 1.165) is 18.5 Å². The lowest BCUT2D eigenvalue weighted by Crippen LogP contribution is -2.22. The van der Waals surface area contributed by atoms with Gasteiger partial charge in [0.25, 0.3) is 5.56 Å². The van der Waals surface area contributed by atoms with E-state index in [1.807, 2.05) is 11.6 Å². The van der Waals surface area contributed by atoms with Gasteiger partial charge in [-0.2, -0.15) is 0 Å². The Bertz CT molecular complexity index is 731. The molecule has 0 radical (unpaired) electrons. The van der Waals surface area contributed by atoms with Crippen molar-refractivity contribution in [2.75, 3.05) is 5.73 Å². The van der Waals surface area contributed by atoms with Crippen molar-refractivity contribution in [3.05, 3.63) is 45.1 Å². The van der Waals surface area contributed by atoms with Crippen LogP contribution in [0.3, 0.4) is 0 Å². The van der Waals surface area contributed by atoms with Gasteiger partial charge in [0, 0.05) is 18.5 Å². The normalized spacial score (nSPS) is 14.8. The maximum Gasteiger partial charge on any atom is 0.294 e. The van der Waals surface area contributed by atoms with Crippen molar-refractivity contribution in [2.24, 2.45) is 0 Å². The summed E-state index contributed by atoms with van der Waals surface area (Å²) in [5, 5.41) is 0.0341. The molecule has 0 unspecified atom stereocenters. The molecule has 106 valence electrons. The number of nitrogen functional groups attached to an aromatic ring is 1. The minimum Gasteiger partial charge on any atom is -0.393 e. The van der Waals surface area contributed by atoms with Crippen LogP contribution in [0.25, 0.3) is 5.69 Å². The molecule has 4 nitrogen and oxygen atoms in total. The first kappa shape index (κ1) is 13.2. The first-order valence-electron chi connectivity index (χ1n) is 6.61. The van der Waals surface area contributed by atoms with E-state index in [1.54, 1.807) is 6.07 Å². The zero-order valence-corrected chi connectivity index (χ0v) is 11.8. The molecular weight excluding hydrogens is 281 g/mol. The standard InChI is InChI=1S/C14H15ClFN3O/c1-2-18-13(8-3-4-8)12(17)14(20)19(18)9-5-6-10(15)11(16)7-9/h5-8H,2-4,17H2,1H3. The van der Waals surface area contributed by atoms with Crippen molar-refractivity contribution < 1.29 is 4.39 Å². The van der Waals surface area contributed by atoms with Crippen LogP contribution >= 0.6 is 11.6 Å². The summed E-state index contributed by atoms with van der Waals surface area (Å²) in [7, 11) is 0. The fraction of sp³-hybridized carbons (Fsp3) is 0.357. The number of anilines is 1. The molecule has 1 fully saturated rings. The van der Waals surface area contributed by atoms with Gasteiger partial charge in [-0.15, -0.1) is 0 Å². The average molecular weight is 296 g/mol. The number of hydrogen-bond acceptors (Lipinski definition) is 2. The molecule has 1 aromatic heterocycles. The Hall–Kier alpha value is -1.75. The van der Waals surface area contributed by atoms with E-state index < -0.39 is 5.82 Å². The molecule has 0 saturated heterocycles. The van der Waals surface area contributed by atoms with Crippen LogP contribution in [0.5, 0.6) is 0 Å². The second kappa shape index (κ2) is 4.66. The number of nitrogens with zero attached hydrogens (tertiary/aromatic N) is 2. The van der Waals surface area contributed by atoms with Gasteiger partial charge in [-0.3, -0.25) is 9.48 Å². The molecule has 3 rings (SSSR count). The minimum absolute atomic E-state index is 0.0341. The molecule has 2 aromatic rings. The summed E-state index contributed by atoms with van der Waals surface area (Å²) in [6, 6.07) is 4.32. The zero-order chi connectivity index (χ0) is 14.4. The van der Waals surface area contributed by atoms with Gasteiger partial charge in [-0.25, -0.2) is 9.07 Å². The minimum atomic E-state index is -0.550. The highest BCUT2D eigenvalue weighted by atomic mass is 35.5. The summed E-state index contributed by atoms with van der Waals surface area (Å²) in [6.07, 6.45) is 2.09. The topological polar surface area (TPSA) is 52.9 Å². The van der Waals surface area contributed by atoms with Gasteiger partial charge < -0.3 is 5.73 Å². The van der Waals surface area contributed by atoms with Gasteiger partial charge in [0.2, 0.25) is 0 Å². The van der Waals surface area contributed by atoms with Crippen LogP contribution in [0.1, 0.15) is 31.4 Å². The Morgan fingerprint density at radius 3 is 2.70 bits per heavy atom. The van der Waals surface area contributed by atoms with Crippen LogP contribution < -0.4 is 11.3 Å². The Morgan fingerprint density at radius 2 is 2.15 bits per heavy atom. The molecule has 0 spiro atoms.